The highest BCUT2D eigenvalue weighted by molar-refractivity contribution is 6.09. The van der Waals surface area contributed by atoms with E-state index < -0.39 is 0 Å². The topological polar surface area (TPSA) is 57.6 Å². The van der Waals surface area contributed by atoms with Gasteiger partial charge in [0.1, 0.15) is 5.75 Å². The number of hydrogen-bond donors (Lipinski definition) is 1. The Balaban J connectivity index is 1.33. The molecule has 4 heteroatoms. The molecule has 1 saturated heterocycles. The van der Waals surface area contributed by atoms with Gasteiger partial charge in [-0.1, -0.05) is 24.3 Å². The third-order valence-electron chi connectivity index (χ3n) is 6.41. The highest BCUT2D eigenvalue weighted by Gasteiger charge is 2.29. The first-order valence-corrected chi connectivity index (χ1v) is 10.3. The van der Waals surface area contributed by atoms with E-state index in [4.69, 9.17) is 0 Å². The zero-order valence-corrected chi connectivity index (χ0v) is 16.2. The average Bonchev–Trinajstić information content (AvgIpc) is 3.19. The van der Waals surface area contributed by atoms with Gasteiger partial charge >= 0.3 is 0 Å². The summed E-state index contributed by atoms with van der Waals surface area (Å²) >= 11 is 0. The number of Topliss-reactive ketones (excluding diaryl/α,β-unsaturated/α-hetero) is 1. The number of benzene rings is 3. The lowest BCUT2D eigenvalue weighted by molar-refractivity contribution is 0.0652. The van der Waals surface area contributed by atoms with Crippen LogP contribution in [-0.2, 0) is 12.8 Å². The number of phenols is 1. The average molecular weight is 385 g/mol. The molecule has 5 rings (SSSR count). The molecule has 1 amide bonds. The van der Waals surface area contributed by atoms with Crippen LogP contribution in [0.4, 0.5) is 0 Å². The van der Waals surface area contributed by atoms with Gasteiger partial charge in [-0.25, -0.2) is 0 Å². The normalized spacial score (nSPS) is 16.3. The molecule has 0 aromatic heterocycles. The van der Waals surface area contributed by atoms with Crippen molar-refractivity contribution < 1.29 is 14.7 Å². The van der Waals surface area contributed by atoms with E-state index in [0.717, 1.165) is 23.8 Å². The SMILES string of the molecule is O=C(c1ccc(O)cc1)C1CCN(C(=O)c2ccc3c4c(cccc24)CC3)CC1. The number of carbonyl (C=O) groups excluding carboxylic acids is 2. The largest absolute Gasteiger partial charge is 0.508 e. The predicted molar refractivity (Wildman–Crippen MR) is 112 cm³/mol. The summed E-state index contributed by atoms with van der Waals surface area (Å²) in [5.74, 6) is 0.252. The molecule has 0 bridgehead atoms. The fraction of sp³-hybridized carbons (Fsp3) is 0.280. The maximum absolute atomic E-state index is 13.3. The standard InChI is InChI=1S/C25H23NO3/c27-20-9-6-18(7-10-20)24(28)19-12-14-26(15-13-19)25(29)22-11-8-17-5-4-16-2-1-3-21(22)23(16)17/h1-3,6-11,19,27H,4-5,12-15H2. The summed E-state index contributed by atoms with van der Waals surface area (Å²) in [6, 6.07) is 16.8. The first kappa shape index (κ1) is 17.9. The highest BCUT2D eigenvalue weighted by Crippen LogP contribution is 2.34. The van der Waals surface area contributed by atoms with Gasteiger partial charge in [-0.2, -0.15) is 0 Å². The van der Waals surface area contributed by atoms with Gasteiger partial charge < -0.3 is 10.0 Å². The minimum absolute atomic E-state index is 0.0659. The van der Waals surface area contributed by atoms with Crippen molar-refractivity contribution in [1.29, 1.82) is 0 Å². The third kappa shape index (κ3) is 3.09. The lowest BCUT2D eigenvalue weighted by atomic mass is 9.88. The van der Waals surface area contributed by atoms with Crippen molar-refractivity contribution in [1.82, 2.24) is 4.90 Å². The van der Waals surface area contributed by atoms with Gasteiger partial charge in [-0.3, -0.25) is 9.59 Å². The number of likely N-dealkylation sites (tertiary alicyclic amines) is 1. The van der Waals surface area contributed by atoms with E-state index in [1.807, 2.05) is 17.0 Å². The molecule has 3 aromatic rings. The molecule has 0 spiro atoms. The smallest absolute Gasteiger partial charge is 0.254 e. The minimum atomic E-state index is -0.0728. The van der Waals surface area contributed by atoms with E-state index in [-0.39, 0.29) is 23.4 Å². The van der Waals surface area contributed by atoms with E-state index in [9.17, 15) is 14.7 Å². The number of amides is 1. The van der Waals surface area contributed by atoms with E-state index in [0.29, 0.717) is 31.5 Å². The van der Waals surface area contributed by atoms with Gasteiger partial charge in [0, 0.05) is 30.1 Å². The van der Waals surface area contributed by atoms with Crippen LogP contribution in [0, 0.1) is 5.92 Å². The summed E-state index contributed by atoms with van der Waals surface area (Å²) in [5.41, 5.74) is 4.08. The molecule has 1 N–H and O–H groups in total. The molecule has 0 saturated carbocycles. The molecule has 2 aliphatic rings. The van der Waals surface area contributed by atoms with Gasteiger partial charge in [0.25, 0.3) is 5.91 Å². The number of piperidine rings is 1. The lowest BCUT2D eigenvalue weighted by Crippen LogP contribution is -2.40. The number of carbonyl (C=O) groups is 2. The van der Waals surface area contributed by atoms with Crippen molar-refractivity contribution in [3.05, 3.63) is 76.9 Å². The number of phenolic OH excluding ortho intramolecular Hbond substituents is 1. The van der Waals surface area contributed by atoms with Crippen LogP contribution < -0.4 is 0 Å². The fourth-order valence-corrected chi connectivity index (χ4v) is 4.81. The van der Waals surface area contributed by atoms with Crippen LogP contribution in [0.25, 0.3) is 10.8 Å². The van der Waals surface area contributed by atoms with Gasteiger partial charge in [0.05, 0.1) is 0 Å². The molecule has 146 valence electrons. The monoisotopic (exact) mass is 385 g/mol. The molecule has 0 radical (unpaired) electrons. The Hall–Kier alpha value is -3.14. The lowest BCUT2D eigenvalue weighted by Gasteiger charge is -2.31. The number of ketones is 1. The summed E-state index contributed by atoms with van der Waals surface area (Å²) in [6.07, 6.45) is 3.45. The quantitative estimate of drug-likeness (QED) is 0.681. The Morgan fingerprint density at radius 1 is 0.862 bits per heavy atom. The van der Waals surface area contributed by atoms with Gasteiger partial charge in [-0.05, 0) is 77.9 Å². The Morgan fingerprint density at radius 2 is 1.55 bits per heavy atom. The second-order valence-electron chi connectivity index (χ2n) is 8.09. The number of aromatic hydroxyl groups is 1. The summed E-state index contributed by atoms with van der Waals surface area (Å²) in [7, 11) is 0. The molecule has 3 aromatic carbocycles. The maximum atomic E-state index is 13.3. The molecule has 0 unspecified atom stereocenters. The molecule has 1 aliphatic heterocycles. The van der Waals surface area contributed by atoms with Crippen molar-refractivity contribution in [2.75, 3.05) is 13.1 Å². The number of nitrogens with zero attached hydrogens (tertiary/aromatic N) is 1. The summed E-state index contributed by atoms with van der Waals surface area (Å²) in [5, 5.41) is 11.7. The highest BCUT2D eigenvalue weighted by atomic mass is 16.3. The molecule has 0 atom stereocenters. The van der Waals surface area contributed by atoms with Crippen molar-refractivity contribution in [2.24, 2.45) is 5.92 Å². The molecular weight excluding hydrogens is 362 g/mol. The zero-order chi connectivity index (χ0) is 20.0. The van der Waals surface area contributed by atoms with Gasteiger partial charge in [0.15, 0.2) is 5.78 Å². The Kier molecular flexibility index (Phi) is 4.35. The first-order valence-electron chi connectivity index (χ1n) is 10.3. The van der Waals surface area contributed by atoms with E-state index in [1.54, 1.807) is 24.3 Å². The summed E-state index contributed by atoms with van der Waals surface area (Å²) in [6.45, 7) is 1.19. The molecule has 29 heavy (non-hydrogen) atoms. The minimum Gasteiger partial charge on any atom is -0.508 e. The summed E-state index contributed by atoms with van der Waals surface area (Å²) < 4.78 is 0. The van der Waals surface area contributed by atoms with Crippen LogP contribution in [0.1, 0.15) is 44.7 Å². The van der Waals surface area contributed by atoms with Crippen LogP contribution in [0.3, 0.4) is 0 Å². The Bertz CT molecular complexity index is 1100. The Morgan fingerprint density at radius 3 is 2.28 bits per heavy atom. The molecule has 4 nitrogen and oxygen atoms in total. The molecule has 1 heterocycles. The maximum Gasteiger partial charge on any atom is 0.254 e. The number of hydrogen-bond acceptors (Lipinski definition) is 3. The van der Waals surface area contributed by atoms with Crippen LogP contribution in [0.5, 0.6) is 5.75 Å². The van der Waals surface area contributed by atoms with E-state index in [1.165, 1.54) is 16.5 Å². The van der Waals surface area contributed by atoms with Crippen molar-refractivity contribution in [2.45, 2.75) is 25.7 Å². The van der Waals surface area contributed by atoms with Crippen molar-refractivity contribution in [3.8, 4) is 5.75 Å². The second-order valence-corrected chi connectivity index (χ2v) is 8.09. The van der Waals surface area contributed by atoms with Crippen LogP contribution >= 0.6 is 0 Å². The third-order valence-corrected chi connectivity index (χ3v) is 6.41. The second kappa shape index (κ2) is 7.03. The van der Waals surface area contributed by atoms with E-state index in [2.05, 4.69) is 18.2 Å². The first-order chi connectivity index (χ1) is 14.1. The number of aryl methyl sites for hydroxylation is 2. The van der Waals surface area contributed by atoms with Crippen LogP contribution in [-0.4, -0.2) is 34.8 Å². The molecule has 1 fully saturated rings. The molecule has 1 aliphatic carbocycles. The Labute approximate surface area is 169 Å². The van der Waals surface area contributed by atoms with E-state index >= 15 is 0 Å². The summed E-state index contributed by atoms with van der Waals surface area (Å²) in [4.78, 5) is 27.9. The predicted octanol–water partition coefficient (Wildman–Crippen LogP) is 4.38. The van der Waals surface area contributed by atoms with Gasteiger partial charge in [0.2, 0.25) is 0 Å². The van der Waals surface area contributed by atoms with Crippen LogP contribution in [0.2, 0.25) is 0 Å². The fourth-order valence-electron chi connectivity index (χ4n) is 4.81. The van der Waals surface area contributed by atoms with Crippen molar-refractivity contribution >= 4 is 22.5 Å². The number of rotatable bonds is 3. The molecular formula is C25H23NO3. The van der Waals surface area contributed by atoms with Gasteiger partial charge in [-0.15, -0.1) is 0 Å². The van der Waals surface area contributed by atoms with Crippen LogP contribution in [0.15, 0.2) is 54.6 Å². The van der Waals surface area contributed by atoms with Crippen molar-refractivity contribution in [3.63, 3.8) is 0 Å². The zero-order valence-electron chi connectivity index (χ0n) is 16.2.